The van der Waals surface area contributed by atoms with E-state index in [2.05, 4.69) is 5.32 Å². The molecule has 19 heavy (non-hydrogen) atoms. The van der Waals surface area contributed by atoms with Crippen molar-refractivity contribution in [1.82, 2.24) is 10.2 Å². The molecule has 0 aliphatic carbocycles. The van der Waals surface area contributed by atoms with Gasteiger partial charge in [0.1, 0.15) is 11.6 Å². The van der Waals surface area contributed by atoms with E-state index in [1.54, 1.807) is 4.90 Å². The van der Waals surface area contributed by atoms with Crippen molar-refractivity contribution in [2.45, 2.75) is 13.0 Å². The number of carbonyl (C=O) groups excluding carboxylic acids is 1. The Morgan fingerprint density at radius 3 is 2.89 bits per heavy atom. The Morgan fingerprint density at radius 1 is 1.53 bits per heavy atom. The van der Waals surface area contributed by atoms with Crippen LogP contribution in [0.4, 0.5) is 4.39 Å². The van der Waals surface area contributed by atoms with Crippen molar-refractivity contribution >= 4 is 18.3 Å². The van der Waals surface area contributed by atoms with Gasteiger partial charge in [-0.05, 0) is 25.1 Å². The third kappa shape index (κ3) is 3.58. The van der Waals surface area contributed by atoms with Gasteiger partial charge in [-0.25, -0.2) is 4.39 Å². The number of hydrogen-bond acceptors (Lipinski definition) is 3. The van der Waals surface area contributed by atoms with Gasteiger partial charge < -0.3 is 15.0 Å². The quantitative estimate of drug-likeness (QED) is 0.900. The van der Waals surface area contributed by atoms with E-state index in [0.29, 0.717) is 18.8 Å². The molecule has 106 valence electrons. The minimum absolute atomic E-state index is 0. The Bertz CT molecular complexity index is 456. The number of ether oxygens (including phenoxy) is 1. The van der Waals surface area contributed by atoms with E-state index >= 15 is 0 Å². The summed E-state index contributed by atoms with van der Waals surface area (Å²) >= 11 is 0. The van der Waals surface area contributed by atoms with Crippen LogP contribution in [0.2, 0.25) is 0 Å². The molecule has 1 heterocycles. The van der Waals surface area contributed by atoms with Gasteiger partial charge in [-0.15, -0.1) is 12.4 Å². The molecule has 1 aromatic rings. The van der Waals surface area contributed by atoms with Gasteiger partial charge in [0.05, 0.1) is 12.7 Å². The van der Waals surface area contributed by atoms with E-state index in [9.17, 15) is 9.18 Å². The van der Waals surface area contributed by atoms with Crippen LogP contribution in [-0.4, -0.2) is 43.6 Å². The predicted octanol–water partition coefficient (Wildman–Crippen LogP) is 1.69. The maximum Gasteiger partial charge on any atom is 0.257 e. The Morgan fingerprint density at radius 2 is 2.26 bits per heavy atom. The van der Waals surface area contributed by atoms with Gasteiger partial charge in [0, 0.05) is 25.7 Å². The molecule has 1 atom stereocenters. The van der Waals surface area contributed by atoms with Crippen molar-refractivity contribution < 1.29 is 13.9 Å². The largest absolute Gasteiger partial charge is 0.496 e. The number of nitrogens with one attached hydrogen (secondary N) is 1. The number of amides is 1. The number of hydrogen-bond donors (Lipinski definition) is 1. The zero-order chi connectivity index (χ0) is 13.1. The molecule has 1 aliphatic rings. The highest BCUT2D eigenvalue weighted by Gasteiger charge is 2.24. The SMILES string of the molecule is COc1ccc(F)cc1C(=O)N1CCNC(C)C1.Cl. The van der Waals surface area contributed by atoms with Gasteiger partial charge in [0.15, 0.2) is 0 Å². The molecule has 1 aromatic carbocycles. The summed E-state index contributed by atoms with van der Waals surface area (Å²) in [5.74, 6) is -0.199. The average Bonchev–Trinajstić information content (AvgIpc) is 2.38. The minimum atomic E-state index is -0.428. The smallest absolute Gasteiger partial charge is 0.257 e. The molecule has 1 N–H and O–H groups in total. The van der Waals surface area contributed by atoms with E-state index in [0.717, 1.165) is 6.54 Å². The highest BCUT2D eigenvalue weighted by Crippen LogP contribution is 2.21. The monoisotopic (exact) mass is 288 g/mol. The number of piperazine rings is 1. The first kappa shape index (κ1) is 15.7. The lowest BCUT2D eigenvalue weighted by atomic mass is 10.1. The lowest BCUT2D eigenvalue weighted by Gasteiger charge is -2.32. The van der Waals surface area contributed by atoms with Crippen LogP contribution in [0.3, 0.4) is 0 Å². The molecule has 0 aromatic heterocycles. The fourth-order valence-corrected chi connectivity index (χ4v) is 2.13. The zero-order valence-corrected chi connectivity index (χ0v) is 11.8. The maximum absolute atomic E-state index is 13.2. The normalized spacial score (nSPS) is 18.7. The lowest BCUT2D eigenvalue weighted by Crippen LogP contribution is -2.51. The molecule has 1 saturated heterocycles. The Hall–Kier alpha value is -1.33. The summed E-state index contributed by atoms with van der Waals surface area (Å²) in [6, 6.07) is 4.25. The van der Waals surface area contributed by atoms with Crippen molar-refractivity contribution in [3.05, 3.63) is 29.6 Å². The van der Waals surface area contributed by atoms with Crippen LogP contribution in [0.15, 0.2) is 18.2 Å². The standard InChI is InChI=1S/C13H17FN2O2.ClH/c1-9-8-16(6-5-15-9)13(17)11-7-10(14)3-4-12(11)18-2;/h3-4,7,9,15H,5-6,8H2,1-2H3;1H. The first-order valence-electron chi connectivity index (χ1n) is 5.98. The molecular formula is C13H18ClFN2O2. The highest BCUT2D eigenvalue weighted by molar-refractivity contribution is 5.97. The van der Waals surface area contributed by atoms with Crippen LogP contribution >= 0.6 is 12.4 Å². The van der Waals surface area contributed by atoms with Crippen LogP contribution < -0.4 is 10.1 Å². The molecule has 1 amide bonds. The molecule has 0 saturated carbocycles. The Labute approximate surface area is 118 Å². The molecule has 1 unspecified atom stereocenters. The molecule has 1 aliphatic heterocycles. The average molecular weight is 289 g/mol. The molecule has 4 nitrogen and oxygen atoms in total. The van der Waals surface area contributed by atoms with Crippen LogP contribution in [0.25, 0.3) is 0 Å². The van der Waals surface area contributed by atoms with E-state index in [1.807, 2.05) is 6.92 Å². The zero-order valence-electron chi connectivity index (χ0n) is 11.0. The van der Waals surface area contributed by atoms with Gasteiger partial charge in [-0.3, -0.25) is 4.79 Å². The molecular weight excluding hydrogens is 271 g/mol. The van der Waals surface area contributed by atoms with E-state index in [4.69, 9.17) is 4.74 Å². The fourth-order valence-electron chi connectivity index (χ4n) is 2.13. The van der Waals surface area contributed by atoms with Gasteiger partial charge in [0.25, 0.3) is 5.91 Å². The number of rotatable bonds is 2. The fraction of sp³-hybridized carbons (Fsp3) is 0.462. The molecule has 6 heteroatoms. The second-order valence-corrected chi connectivity index (χ2v) is 4.45. The van der Waals surface area contributed by atoms with Crippen LogP contribution in [0.5, 0.6) is 5.75 Å². The summed E-state index contributed by atoms with van der Waals surface area (Å²) in [5.41, 5.74) is 0.284. The van der Waals surface area contributed by atoms with Gasteiger partial charge in [-0.2, -0.15) is 0 Å². The summed E-state index contributed by atoms with van der Waals surface area (Å²) in [6.45, 7) is 4.02. The molecule has 1 fully saturated rings. The molecule has 2 rings (SSSR count). The maximum atomic E-state index is 13.2. The Kier molecular flexibility index (Phi) is 5.57. The highest BCUT2D eigenvalue weighted by atomic mass is 35.5. The summed E-state index contributed by atoms with van der Waals surface area (Å²) in [4.78, 5) is 14.0. The van der Waals surface area contributed by atoms with Crippen molar-refractivity contribution in [2.75, 3.05) is 26.7 Å². The predicted molar refractivity (Wildman–Crippen MR) is 73.6 cm³/mol. The summed E-state index contributed by atoms with van der Waals surface area (Å²) < 4.78 is 18.4. The molecule has 0 radical (unpaired) electrons. The third-order valence-corrected chi connectivity index (χ3v) is 3.05. The molecule has 0 bridgehead atoms. The second kappa shape index (κ2) is 6.73. The van der Waals surface area contributed by atoms with Crippen molar-refractivity contribution in [3.8, 4) is 5.75 Å². The second-order valence-electron chi connectivity index (χ2n) is 4.45. The number of halogens is 2. The van der Waals surface area contributed by atoms with Gasteiger partial charge in [0.2, 0.25) is 0 Å². The number of benzene rings is 1. The third-order valence-electron chi connectivity index (χ3n) is 3.05. The minimum Gasteiger partial charge on any atom is -0.496 e. The van der Waals surface area contributed by atoms with Crippen molar-refractivity contribution in [1.29, 1.82) is 0 Å². The van der Waals surface area contributed by atoms with Gasteiger partial charge in [-0.1, -0.05) is 0 Å². The van der Waals surface area contributed by atoms with E-state index < -0.39 is 5.82 Å². The number of methoxy groups -OCH3 is 1. The number of carbonyl (C=O) groups is 1. The van der Waals surface area contributed by atoms with Crippen LogP contribution in [0, 0.1) is 5.82 Å². The topological polar surface area (TPSA) is 41.6 Å². The number of nitrogens with zero attached hydrogens (tertiary/aromatic N) is 1. The Balaban J connectivity index is 0.00000180. The molecule has 0 spiro atoms. The summed E-state index contributed by atoms with van der Waals surface area (Å²) in [6.07, 6.45) is 0. The summed E-state index contributed by atoms with van der Waals surface area (Å²) in [5, 5.41) is 3.26. The first-order valence-corrected chi connectivity index (χ1v) is 5.98. The van der Waals surface area contributed by atoms with Crippen LogP contribution in [-0.2, 0) is 0 Å². The van der Waals surface area contributed by atoms with Gasteiger partial charge >= 0.3 is 0 Å². The first-order chi connectivity index (χ1) is 8.61. The van der Waals surface area contributed by atoms with E-state index in [-0.39, 0.29) is 29.9 Å². The van der Waals surface area contributed by atoms with Crippen molar-refractivity contribution in [2.24, 2.45) is 0 Å². The van der Waals surface area contributed by atoms with Crippen LogP contribution in [0.1, 0.15) is 17.3 Å². The van der Waals surface area contributed by atoms with Crippen molar-refractivity contribution in [3.63, 3.8) is 0 Å². The lowest BCUT2D eigenvalue weighted by molar-refractivity contribution is 0.0705. The summed E-state index contributed by atoms with van der Waals surface area (Å²) in [7, 11) is 1.48. The van der Waals surface area contributed by atoms with E-state index in [1.165, 1.54) is 25.3 Å².